The van der Waals surface area contributed by atoms with Crippen LogP contribution in [0.1, 0.15) is 41.5 Å². The highest BCUT2D eigenvalue weighted by Gasteiger charge is 2.58. The molecule has 0 radical (unpaired) electrons. The van der Waals surface area contributed by atoms with E-state index < -0.39 is 78.8 Å². The SMILES string of the molecule is COC(OC)C1OC(C)(C)OC1C(OC1OC(CO)C2OC(C)(C)OC2C1O)C1COC(C)(C)O1. The monoisotopic (exact) mass is 508 g/mol. The van der Waals surface area contributed by atoms with Gasteiger partial charge in [-0.25, -0.2) is 0 Å². The van der Waals surface area contributed by atoms with Gasteiger partial charge in [0.15, 0.2) is 29.9 Å². The maximum atomic E-state index is 11.2. The quantitative estimate of drug-likeness (QED) is 0.436. The highest BCUT2D eigenvalue weighted by atomic mass is 16.8. The second kappa shape index (κ2) is 10.0. The molecule has 4 fully saturated rings. The van der Waals surface area contributed by atoms with Crippen LogP contribution in [0.2, 0.25) is 0 Å². The maximum Gasteiger partial charge on any atom is 0.187 e. The smallest absolute Gasteiger partial charge is 0.187 e. The fraction of sp³-hybridized carbons (Fsp3) is 1.00. The van der Waals surface area contributed by atoms with Crippen LogP contribution in [0, 0.1) is 0 Å². The molecule has 0 aliphatic carbocycles. The van der Waals surface area contributed by atoms with Crippen molar-refractivity contribution in [1.82, 2.24) is 0 Å². The third-order valence-corrected chi connectivity index (χ3v) is 6.54. The third-order valence-electron chi connectivity index (χ3n) is 6.54. The predicted molar refractivity (Wildman–Crippen MR) is 117 cm³/mol. The fourth-order valence-electron chi connectivity index (χ4n) is 5.17. The van der Waals surface area contributed by atoms with Crippen molar-refractivity contribution < 1.29 is 57.6 Å². The Morgan fingerprint density at radius 2 is 1.43 bits per heavy atom. The van der Waals surface area contributed by atoms with E-state index in [1.165, 1.54) is 14.2 Å². The minimum Gasteiger partial charge on any atom is -0.394 e. The molecule has 12 nitrogen and oxygen atoms in total. The van der Waals surface area contributed by atoms with Gasteiger partial charge >= 0.3 is 0 Å². The Labute approximate surface area is 205 Å². The maximum absolute atomic E-state index is 11.2. The topological polar surface area (TPSA) is 133 Å². The van der Waals surface area contributed by atoms with Crippen molar-refractivity contribution in [1.29, 1.82) is 0 Å². The lowest BCUT2D eigenvalue weighted by Crippen LogP contribution is -2.61. The Balaban J connectivity index is 1.62. The number of ether oxygens (including phenoxy) is 10. The van der Waals surface area contributed by atoms with E-state index >= 15 is 0 Å². The van der Waals surface area contributed by atoms with E-state index in [1.54, 1.807) is 41.5 Å². The molecule has 4 rings (SSSR count). The summed E-state index contributed by atoms with van der Waals surface area (Å²) in [5.41, 5.74) is 0. The summed E-state index contributed by atoms with van der Waals surface area (Å²) in [6.07, 6.45) is -8.20. The first kappa shape index (κ1) is 27.6. The molecule has 0 bridgehead atoms. The van der Waals surface area contributed by atoms with Crippen LogP contribution in [0.3, 0.4) is 0 Å². The van der Waals surface area contributed by atoms with Gasteiger partial charge in [0.25, 0.3) is 0 Å². The van der Waals surface area contributed by atoms with Gasteiger partial charge in [-0.3, -0.25) is 0 Å². The molecule has 9 unspecified atom stereocenters. The van der Waals surface area contributed by atoms with Crippen LogP contribution in [-0.2, 0) is 47.4 Å². The minimum atomic E-state index is -1.21. The van der Waals surface area contributed by atoms with Crippen molar-refractivity contribution in [3.8, 4) is 0 Å². The van der Waals surface area contributed by atoms with Crippen LogP contribution in [-0.4, -0.2) is 116 Å². The fourth-order valence-corrected chi connectivity index (χ4v) is 5.17. The summed E-state index contributed by atoms with van der Waals surface area (Å²) >= 11 is 0. The summed E-state index contributed by atoms with van der Waals surface area (Å²) in [6.45, 7) is 10.5. The van der Waals surface area contributed by atoms with Gasteiger partial charge in [-0.15, -0.1) is 0 Å². The van der Waals surface area contributed by atoms with E-state index in [0.717, 1.165) is 0 Å². The van der Waals surface area contributed by atoms with E-state index in [1.807, 2.05) is 0 Å². The van der Waals surface area contributed by atoms with E-state index in [4.69, 9.17) is 47.4 Å². The number of hydrogen-bond donors (Lipinski definition) is 2. The van der Waals surface area contributed by atoms with E-state index in [2.05, 4.69) is 0 Å². The van der Waals surface area contributed by atoms with Crippen molar-refractivity contribution in [2.75, 3.05) is 27.4 Å². The van der Waals surface area contributed by atoms with Crippen molar-refractivity contribution in [3.05, 3.63) is 0 Å². The molecule has 204 valence electrons. The van der Waals surface area contributed by atoms with Gasteiger partial charge in [0.1, 0.15) is 48.8 Å². The molecule has 4 saturated heterocycles. The Bertz CT molecular complexity index is 725. The zero-order valence-corrected chi connectivity index (χ0v) is 21.7. The average Bonchev–Trinajstić information content (AvgIpc) is 3.40. The van der Waals surface area contributed by atoms with Crippen LogP contribution in [0.15, 0.2) is 0 Å². The number of rotatable bonds is 8. The van der Waals surface area contributed by atoms with Gasteiger partial charge in [-0.2, -0.15) is 0 Å². The number of fused-ring (bicyclic) bond motifs is 1. The summed E-state index contributed by atoms with van der Waals surface area (Å²) in [6, 6.07) is 0. The summed E-state index contributed by atoms with van der Waals surface area (Å²) in [5.74, 6) is -2.77. The molecule has 0 aromatic heterocycles. The van der Waals surface area contributed by atoms with Gasteiger partial charge in [0.2, 0.25) is 0 Å². The van der Waals surface area contributed by atoms with E-state index in [9.17, 15) is 10.2 Å². The lowest BCUT2D eigenvalue weighted by atomic mass is 9.98. The van der Waals surface area contributed by atoms with Crippen LogP contribution < -0.4 is 0 Å². The zero-order valence-electron chi connectivity index (χ0n) is 21.7. The Kier molecular flexibility index (Phi) is 7.88. The predicted octanol–water partition coefficient (Wildman–Crippen LogP) is 0.260. The van der Waals surface area contributed by atoms with Crippen molar-refractivity contribution in [3.63, 3.8) is 0 Å². The molecule has 0 spiro atoms. The van der Waals surface area contributed by atoms with Gasteiger partial charge in [-0.05, 0) is 41.5 Å². The molecule has 4 aliphatic heterocycles. The molecule has 12 heteroatoms. The third kappa shape index (κ3) is 5.69. The number of aliphatic hydroxyl groups excluding tert-OH is 2. The highest BCUT2D eigenvalue weighted by Crippen LogP contribution is 2.41. The van der Waals surface area contributed by atoms with Gasteiger partial charge in [0, 0.05) is 14.2 Å². The van der Waals surface area contributed by atoms with Gasteiger partial charge in [-0.1, -0.05) is 0 Å². The molecule has 9 atom stereocenters. The van der Waals surface area contributed by atoms with Gasteiger partial charge in [0.05, 0.1) is 13.2 Å². The Hall–Kier alpha value is -0.480. The van der Waals surface area contributed by atoms with Crippen molar-refractivity contribution >= 4 is 0 Å². The second-order valence-electron chi connectivity index (χ2n) is 10.7. The minimum absolute atomic E-state index is 0.209. The normalized spacial score (nSPS) is 42.9. The molecule has 0 amide bonds. The van der Waals surface area contributed by atoms with Crippen LogP contribution >= 0.6 is 0 Å². The summed E-state index contributed by atoms with van der Waals surface area (Å²) in [4.78, 5) is 0. The summed E-state index contributed by atoms with van der Waals surface area (Å²) in [7, 11) is 3.01. The molecular formula is C23H40O12. The van der Waals surface area contributed by atoms with Crippen LogP contribution in [0.4, 0.5) is 0 Å². The van der Waals surface area contributed by atoms with Crippen molar-refractivity contribution in [2.45, 2.75) is 120 Å². The standard InChI is InChI=1S/C23H40O12/c1-21(2)28-10-12(31-21)14(17-18(20(26-7)27-8)35-23(5,6)34-17)30-19-13(25)16-15(11(9-24)29-19)32-22(3,4)33-16/h11-20,24-25H,9-10H2,1-8H3. The first-order chi connectivity index (χ1) is 16.3. The lowest BCUT2D eigenvalue weighted by molar-refractivity contribution is -0.315. The number of hydrogen-bond acceptors (Lipinski definition) is 12. The largest absolute Gasteiger partial charge is 0.394 e. The van der Waals surface area contributed by atoms with E-state index in [0.29, 0.717) is 0 Å². The average molecular weight is 509 g/mol. The lowest BCUT2D eigenvalue weighted by Gasteiger charge is -2.42. The Morgan fingerprint density at radius 3 is 2.00 bits per heavy atom. The molecule has 4 heterocycles. The molecule has 0 aromatic rings. The second-order valence-corrected chi connectivity index (χ2v) is 10.7. The number of aliphatic hydroxyl groups is 2. The molecule has 2 N–H and O–H groups in total. The van der Waals surface area contributed by atoms with Crippen LogP contribution in [0.5, 0.6) is 0 Å². The van der Waals surface area contributed by atoms with Gasteiger partial charge < -0.3 is 57.6 Å². The van der Waals surface area contributed by atoms with Crippen molar-refractivity contribution in [2.24, 2.45) is 0 Å². The highest BCUT2D eigenvalue weighted by molar-refractivity contribution is 4.99. The van der Waals surface area contributed by atoms with Crippen LogP contribution in [0.25, 0.3) is 0 Å². The number of methoxy groups -OCH3 is 2. The Morgan fingerprint density at radius 1 is 0.829 bits per heavy atom. The molecule has 0 aromatic carbocycles. The molecular weight excluding hydrogens is 468 g/mol. The molecule has 35 heavy (non-hydrogen) atoms. The first-order valence-corrected chi connectivity index (χ1v) is 12.0. The summed E-state index contributed by atoms with van der Waals surface area (Å²) in [5, 5.41) is 21.1. The summed E-state index contributed by atoms with van der Waals surface area (Å²) < 4.78 is 59.4. The first-order valence-electron chi connectivity index (χ1n) is 12.0. The molecule has 4 aliphatic rings. The zero-order chi connectivity index (χ0) is 25.8. The van der Waals surface area contributed by atoms with E-state index in [-0.39, 0.29) is 13.2 Å². The molecule has 0 saturated carbocycles.